The normalized spacial score (nSPS) is 35.6. The van der Waals surface area contributed by atoms with Crippen LogP contribution in [0.3, 0.4) is 0 Å². The molecular formula is C23H33NO. The smallest absolute Gasteiger partial charge is 0.228 e. The molecule has 4 fully saturated rings. The van der Waals surface area contributed by atoms with Crippen molar-refractivity contribution in [1.29, 1.82) is 0 Å². The van der Waals surface area contributed by atoms with Crippen LogP contribution in [0.2, 0.25) is 0 Å². The van der Waals surface area contributed by atoms with Gasteiger partial charge in [0.05, 0.1) is 5.92 Å². The van der Waals surface area contributed by atoms with Gasteiger partial charge < -0.3 is 5.32 Å². The van der Waals surface area contributed by atoms with Gasteiger partial charge in [0.1, 0.15) is 0 Å². The van der Waals surface area contributed by atoms with Crippen LogP contribution in [0.15, 0.2) is 30.3 Å². The predicted molar refractivity (Wildman–Crippen MR) is 102 cm³/mol. The molecule has 4 aliphatic carbocycles. The number of hydrogen-bond acceptors (Lipinski definition) is 1. The Morgan fingerprint density at radius 3 is 1.96 bits per heavy atom. The third-order valence-corrected chi connectivity index (χ3v) is 7.47. The molecule has 0 aromatic heterocycles. The minimum atomic E-state index is -0.0439. The average molecular weight is 340 g/mol. The third-order valence-electron chi connectivity index (χ3n) is 7.47. The van der Waals surface area contributed by atoms with Gasteiger partial charge >= 0.3 is 0 Å². The van der Waals surface area contributed by atoms with E-state index in [2.05, 4.69) is 38.2 Å². The minimum absolute atomic E-state index is 0.0439. The quantitative estimate of drug-likeness (QED) is 0.790. The number of carbonyl (C=O) groups excluding carboxylic acids is 1. The van der Waals surface area contributed by atoms with Crippen LogP contribution in [0.25, 0.3) is 0 Å². The van der Waals surface area contributed by atoms with Crippen molar-refractivity contribution in [1.82, 2.24) is 5.32 Å². The van der Waals surface area contributed by atoms with Gasteiger partial charge in [0.2, 0.25) is 5.91 Å². The fourth-order valence-electron chi connectivity index (χ4n) is 6.66. The zero-order valence-electron chi connectivity index (χ0n) is 16.0. The van der Waals surface area contributed by atoms with Gasteiger partial charge in [-0.1, -0.05) is 44.2 Å². The van der Waals surface area contributed by atoms with Gasteiger partial charge in [-0.2, -0.15) is 0 Å². The molecule has 0 radical (unpaired) electrons. The van der Waals surface area contributed by atoms with Crippen LogP contribution < -0.4 is 5.32 Å². The summed E-state index contributed by atoms with van der Waals surface area (Å²) in [4.78, 5) is 13.2. The molecular weight excluding hydrogens is 306 g/mol. The van der Waals surface area contributed by atoms with Crippen molar-refractivity contribution >= 4 is 5.91 Å². The summed E-state index contributed by atoms with van der Waals surface area (Å²) in [6.07, 6.45) is 8.41. The summed E-state index contributed by atoms with van der Waals surface area (Å²) in [6, 6.07) is 10.6. The standard InChI is InChI=1S/C23H33NO/c1-15(2)21(20-7-5-4-6-8-20)22(25)24-16(3)23-12-17-9-18(13-23)11-19(10-17)14-23/h4-8,15-19,21H,9-14H2,1-3H3,(H,24,25)/t16-,17?,18?,19?,21+,23?/m1/s1. The molecule has 1 N–H and O–H groups in total. The molecule has 0 aliphatic heterocycles. The van der Waals surface area contributed by atoms with Gasteiger partial charge in [0, 0.05) is 6.04 Å². The predicted octanol–water partition coefficient (Wildman–Crippen LogP) is 5.15. The Kier molecular flexibility index (Phi) is 4.42. The molecule has 5 rings (SSSR count). The molecule has 4 aliphatic rings. The van der Waals surface area contributed by atoms with E-state index in [1.54, 1.807) is 0 Å². The van der Waals surface area contributed by atoms with Crippen molar-refractivity contribution in [2.75, 3.05) is 0 Å². The van der Waals surface area contributed by atoms with E-state index in [1.165, 1.54) is 38.5 Å². The molecule has 0 saturated heterocycles. The first-order valence-corrected chi connectivity index (χ1v) is 10.3. The lowest BCUT2D eigenvalue weighted by atomic mass is 9.48. The van der Waals surface area contributed by atoms with Gasteiger partial charge in [-0.3, -0.25) is 4.79 Å². The molecule has 1 aromatic carbocycles. The molecule has 4 saturated carbocycles. The van der Waals surface area contributed by atoms with Crippen LogP contribution in [0.1, 0.15) is 70.8 Å². The Morgan fingerprint density at radius 1 is 0.960 bits per heavy atom. The highest BCUT2D eigenvalue weighted by atomic mass is 16.2. The van der Waals surface area contributed by atoms with Crippen molar-refractivity contribution < 1.29 is 4.79 Å². The average Bonchev–Trinajstić information content (AvgIpc) is 2.54. The highest BCUT2D eigenvalue weighted by Crippen LogP contribution is 2.61. The van der Waals surface area contributed by atoms with E-state index in [1.807, 2.05) is 18.2 Å². The lowest BCUT2D eigenvalue weighted by Crippen LogP contribution is -2.56. The summed E-state index contributed by atoms with van der Waals surface area (Å²) in [5.74, 6) is 3.29. The van der Waals surface area contributed by atoms with Gasteiger partial charge in [-0.25, -0.2) is 0 Å². The Balaban J connectivity index is 1.50. The van der Waals surface area contributed by atoms with Crippen LogP contribution in [-0.4, -0.2) is 11.9 Å². The molecule has 136 valence electrons. The maximum Gasteiger partial charge on any atom is 0.228 e. The fraction of sp³-hybridized carbons (Fsp3) is 0.696. The van der Waals surface area contributed by atoms with Gasteiger partial charge in [-0.15, -0.1) is 0 Å². The molecule has 2 atom stereocenters. The summed E-state index contributed by atoms with van der Waals surface area (Å²) in [5.41, 5.74) is 1.52. The van der Waals surface area contributed by atoms with E-state index in [0.29, 0.717) is 17.4 Å². The van der Waals surface area contributed by atoms with Gasteiger partial charge in [0.15, 0.2) is 0 Å². The molecule has 2 nitrogen and oxygen atoms in total. The number of benzene rings is 1. The third kappa shape index (κ3) is 3.13. The summed E-state index contributed by atoms with van der Waals surface area (Å²) in [5, 5.41) is 3.48. The molecule has 1 amide bonds. The first-order valence-electron chi connectivity index (χ1n) is 10.3. The van der Waals surface area contributed by atoms with E-state index in [9.17, 15) is 4.79 Å². The number of nitrogens with one attached hydrogen (secondary N) is 1. The maximum absolute atomic E-state index is 13.2. The Hall–Kier alpha value is -1.31. The monoisotopic (exact) mass is 339 g/mol. The van der Waals surface area contributed by atoms with Crippen LogP contribution in [-0.2, 0) is 4.79 Å². The second-order valence-corrected chi connectivity index (χ2v) is 9.64. The molecule has 2 heteroatoms. The highest BCUT2D eigenvalue weighted by molar-refractivity contribution is 5.84. The molecule has 0 unspecified atom stereocenters. The Morgan fingerprint density at radius 2 is 1.48 bits per heavy atom. The van der Waals surface area contributed by atoms with Crippen molar-refractivity contribution in [3.8, 4) is 0 Å². The summed E-state index contributed by atoms with van der Waals surface area (Å²) >= 11 is 0. The fourth-order valence-corrected chi connectivity index (χ4v) is 6.66. The summed E-state index contributed by atoms with van der Waals surface area (Å²) in [6.45, 7) is 6.60. The zero-order valence-corrected chi connectivity index (χ0v) is 16.0. The SMILES string of the molecule is CC(C)[C@H](C(=O)N[C@H](C)C12CC3CC(CC(C3)C1)C2)c1ccccc1. The van der Waals surface area contributed by atoms with Crippen molar-refractivity contribution in [3.63, 3.8) is 0 Å². The molecule has 4 bridgehead atoms. The minimum Gasteiger partial charge on any atom is -0.353 e. The Bertz CT molecular complexity index is 585. The lowest BCUT2D eigenvalue weighted by Gasteiger charge is -2.59. The van der Waals surface area contributed by atoms with E-state index in [0.717, 1.165) is 23.3 Å². The van der Waals surface area contributed by atoms with Crippen LogP contribution >= 0.6 is 0 Å². The first-order chi connectivity index (χ1) is 12.0. The van der Waals surface area contributed by atoms with Crippen molar-refractivity contribution in [2.24, 2.45) is 29.1 Å². The summed E-state index contributed by atoms with van der Waals surface area (Å²) in [7, 11) is 0. The molecule has 25 heavy (non-hydrogen) atoms. The topological polar surface area (TPSA) is 29.1 Å². The zero-order chi connectivity index (χ0) is 17.6. The molecule has 1 aromatic rings. The van der Waals surface area contributed by atoms with Crippen molar-refractivity contribution in [2.45, 2.75) is 71.3 Å². The van der Waals surface area contributed by atoms with Crippen molar-refractivity contribution in [3.05, 3.63) is 35.9 Å². The summed E-state index contributed by atoms with van der Waals surface area (Å²) < 4.78 is 0. The number of hydrogen-bond donors (Lipinski definition) is 1. The van der Waals surface area contributed by atoms with Crippen LogP contribution in [0.5, 0.6) is 0 Å². The van der Waals surface area contributed by atoms with E-state index >= 15 is 0 Å². The van der Waals surface area contributed by atoms with E-state index in [4.69, 9.17) is 0 Å². The first kappa shape index (κ1) is 17.1. The van der Waals surface area contributed by atoms with Crippen LogP contribution in [0.4, 0.5) is 0 Å². The number of rotatable bonds is 5. The second kappa shape index (κ2) is 6.45. The Labute approximate surface area is 152 Å². The van der Waals surface area contributed by atoms with E-state index in [-0.39, 0.29) is 11.8 Å². The largest absolute Gasteiger partial charge is 0.353 e. The van der Waals surface area contributed by atoms with Crippen LogP contribution in [0, 0.1) is 29.1 Å². The lowest BCUT2D eigenvalue weighted by molar-refractivity contribution is -0.128. The highest BCUT2D eigenvalue weighted by Gasteiger charge is 2.53. The van der Waals surface area contributed by atoms with E-state index < -0.39 is 0 Å². The number of amides is 1. The molecule has 0 heterocycles. The van der Waals surface area contributed by atoms with Gasteiger partial charge in [-0.05, 0) is 80.1 Å². The second-order valence-electron chi connectivity index (χ2n) is 9.64. The number of carbonyl (C=O) groups is 1. The molecule has 0 spiro atoms. The van der Waals surface area contributed by atoms with Gasteiger partial charge in [0.25, 0.3) is 0 Å². The maximum atomic E-state index is 13.2.